The van der Waals surface area contributed by atoms with Crippen molar-refractivity contribution in [3.05, 3.63) is 80.0 Å². The van der Waals surface area contributed by atoms with Gasteiger partial charge in [0.1, 0.15) is 12.2 Å². The van der Waals surface area contributed by atoms with E-state index in [1.807, 2.05) is 19.1 Å². The van der Waals surface area contributed by atoms with E-state index in [1.54, 1.807) is 30.3 Å². The first-order valence-electron chi connectivity index (χ1n) is 8.30. The van der Waals surface area contributed by atoms with Crippen LogP contribution in [0.25, 0.3) is 16.5 Å². The maximum atomic E-state index is 13.0. The molecule has 0 aliphatic carbocycles. The number of aryl methyl sites for hydroxylation is 1. The van der Waals surface area contributed by atoms with Crippen LogP contribution < -0.4 is 10.2 Å². The van der Waals surface area contributed by atoms with Gasteiger partial charge in [-0.15, -0.1) is 0 Å². The minimum Gasteiger partial charge on any atom is -0.482 e. The first-order chi connectivity index (χ1) is 13.0. The molecular formula is C20H15NO5S. The van der Waals surface area contributed by atoms with Gasteiger partial charge in [0.05, 0.1) is 15.9 Å². The summed E-state index contributed by atoms with van der Waals surface area (Å²) in [4.78, 5) is 23.7. The molecule has 7 heteroatoms. The summed E-state index contributed by atoms with van der Waals surface area (Å²) in [7, 11) is 0. The SMILES string of the molecule is Cc1ccc2oc3c(c(=O)c2c1)C(COc1ccccc1[N+](=O)[O-])=CCS3. The van der Waals surface area contributed by atoms with Crippen LogP contribution in [0.4, 0.5) is 5.69 Å². The highest BCUT2D eigenvalue weighted by molar-refractivity contribution is 7.99. The molecule has 0 atom stereocenters. The molecule has 0 spiro atoms. The summed E-state index contributed by atoms with van der Waals surface area (Å²) < 4.78 is 11.6. The number of fused-ring (bicyclic) bond motifs is 2. The average Bonchev–Trinajstić information content (AvgIpc) is 2.67. The van der Waals surface area contributed by atoms with Gasteiger partial charge in [-0.25, -0.2) is 0 Å². The summed E-state index contributed by atoms with van der Waals surface area (Å²) in [6, 6.07) is 11.7. The molecule has 1 aliphatic heterocycles. The zero-order chi connectivity index (χ0) is 19.0. The lowest BCUT2D eigenvalue weighted by atomic mass is 10.0. The molecule has 4 rings (SSSR count). The molecule has 136 valence electrons. The second-order valence-electron chi connectivity index (χ2n) is 6.15. The number of ether oxygens (including phenoxy) is 1. The third-order valence-electron chi connectivity index (χ3n) is 4.32. The van der Waals surface area contributed by atoms with E-state index >= 15 is 0 Å². The molecule has 0 fully saturated rings. The van der Waals surface area contributed by atoms with Gasteiger partial charge in [0.2, 0.25) is 5.43 Å². The molecule has 1 aliphatic rings. The molecule has 3 aromatic rings. The minimum absolute atomic E-state index is 0.0560. The summed E-state index contributed by atoms with van der Waals surface area (Å²) in [5.41, 5.74) is 2.46. The number of para-hydroxylation sites is 2. The Labute approximate surface area is 158 Å². The van der Waals surface area contributed by atoms with Crippen molar-refractivity contribution in [2.75, 3.05) is 12.4 Å². The summed E-state index contributed by atoms with van der Waals surface area (Å²) >= 11 is 1.45. The van der Waals surface area contributed by atoms with Gasteiger partial charge >= 0.3 is 5.69 Å². The quantitative estimate of drug-likeness (QED) is 0.486. The first-order valence-corrected chi connectivity index (χ1v) is 9.29. The van der Waals surface area contributed by atoms with Gasteiger partial charge in [-0.1, -0.05) is 41.6 Å². The van der Waals surface area contributed by atoms with Gasteiger partial charge in [-0.05, 0) is 25.1 Å². The number of nitrogens with zero attached hydrogens (tertiary/aromatic N) is 1. The van der Waals surface area contributed by atoms with E-state index in [4.69, 9.17) is 9.15 Å². The van der Waals surface area contributed by atoms with Crippen molar-refractivity contribution in [3.63, 3.8) is 0 Å². The van der Waals surface area contributed by atoms with Crippen LogP contribution in [0.1, 0.15) is 11.1 Å². The molecule has 2 aromatic carbocycles. The molecule has 0 N–H and O–H groups in total. The molecule has 2 heterocycles. The van der Waals surface area contributed by atoms with E-state index in [0.29, 0.717) is 33.0 Å². The van der Waals surface area contributed by atoms with Crippen LogP contribution in [0.2, 0.25) is 0 Å². The number of nitro groups is 1. The maximum absolute atomic E-state index is 13.0. The first kappa shape index (κ1) is 17.4. The van der Waals surface area contributed by atoms with Crippen molar-refractivity contribution in [2.45, 2.75) is 12.0 Å². The summed E-state index contributed by atoms with van der Waals surface area (Å²) in [5.74, 6) is 0.812. The predicted octanol–water partition coefficient (Wildman–Crippen LogP) is 4.58. The van der Waals surface area contributed by atoms with E-state index < -0.39 is 4.92 Å². The van der Waals surface area contributed by atoms with E-state index in [9.17, 15) is 14.9 Å². The Bertz CT molecular complexity index is 1150. The standard InChI is InChI=1S/C20H15NO5S/c1-12-6-7-16-14(10-12)19(22)18-13(8-9-27-20(18)26-16)11-25-17-5-3-2-4-15(17)21(23)24/h2-8,10H,9,11H2,1H3. The Morgan fingerprint density at radius 3 is 2.89 bits per heavy atom. The Balaban J connectivity index is 1.72. The van der Waals surface area contributed by atoms with Gasteiger partial charge in [-0.3, -0.25) is 14.9 Å². The lowest BCUT2D eigenvalue weighted by Gasteiger charge is -2.17. The monoisotopic (exact) mass is 381 g/mol. The van der Waals surface area contributed by atoms with E-state index in [0.717, 1.165) is 5.56 Å². The Hall–Kier alpha value is -3.06. The Morgan fingerprint density at radius 2 is 2.07 bits per heavy atom. The highest BCUT2D eigenvalue weighted by Gasteiger charge is 2.23. The molecule has 0 saturated carbocycles. The van der Waals surface area contributed by atoms with Gasteiger partial charge in [0.25, 0.3) is 0 Å². The number of rotatable bonds is 4. The topological polar surface area (TPSA) is 82.6 Å². The van der Waals surface area contributed by atoms with E-state index in [-0.39, 0.29) is 23.5 Å². The zero-order valence-corrected chi connectivity index (χ0v) is 15.2. The molecule has 0 bridgehead atoms. The van der Waals surface area contributed by atoms with Crippen molar-refractivity contribution in [3.8, 4) is 5.75 Å². The van der Waals surface area contributed by atoms with Gasteiger partial charge in [-0.2, -0.15) is 0 Å². The van der Waals surface area contributed by atoms with Crippen molar-refractivity contribution in [1.82, 2.24) is 0 Å². The van der Waals surface area contributed by atoms with Gasteiger partial charge in [0, 0.05) is 17.4 Å². The third kappa shape index (κ3) is 3.21. The van der Waals surface area contributed by atoms with Gasteiger partial charge < -0.3 is 9.15 Å². The second-order valence-corrected chi connectivity index (χ2v) is 7.14. The van der Waals surface area contributed by atoms with Crippen molar-refractivity contribution < 1.29 is 14.1 Å². The number of hydrogen-bond acceptors (Lipinski definition) is 6. The predicted molar refractivity (Wildman–Crippen MR) is 105 cm³/mol. The zero-order valence-electron chi connectivity index (χ0n) is 14.4. The molecule has 1 aromatic heterocycles. The summed E-state index contributed by atoms with van der Waals surface area (Å²) in [6.45, 7) is 1.97. The van der Waals surface area contributed by atoms with Crippen LogP contribution in [0.3, 0.4) is 0 Å². The van der Waals surface area contributed by atoms with Crippen LogP contribution in [0.15, 0.2) is 62.8 Å². The number of thioether (sulfide) groups is 1. The van der Waals surface area contributed by atoms with E-state index in [1.165, 1.54) is 17.8 Å². The molecule has 0 saturated heterocycles. The van der Waals surface area contributed by atoms with Crippen molar-refractivity contribution in [1.29, 1.82) is 0 Å². The van der Waals surface area contributed by atoms with Crippen molar-refractivity contribution >= 4 is 34.0 Å². The fourth-order valence-electron chi connectivity index (χ4n) is 3.00. The number of hydrogen-bond donors (Lipinski definition) is 0. The minimum atomic E-state index is -0.487. The fourth-order valence-corrected chi connectivity index (χ4v) is 3.96. The normalized spacial score (nSPS) is 13.1. The highest BCUT2D eigenvalue weighted by atomic mass is 32.2. The Morgan fingerprint density at radius 1 is 1.26 bits per heavy atom. The van der Waals surface area contributed by atoms with Crippen molar-refractivity contribution in [2.24, 2.45) is 0 Å². The maximum Gasteiger partial charge on any atom is 0.310 e. The van der Waals surface area contributed by atoms with Crippen LogP contribution in [0.5, 0.6) is 5.75 Å². The summed E-state index contributed by atoms with van der Waals surface area (Å²) in [6.07, 6.45) is 1.90. The lowest BCUT2D eigenvalue weighted by molar-refractivity contribution is -0.385. The smallest absolute Gasteiger partial charge is 0.310 e. The van der Waals surface area contributed by atoms with Crippen LogP contribution in [0, 0.1) is 17.0 Å². The highest BCUT2D eigenvalue weighted by Crippen LogP contribution is 2.35. The second kappa shape index (κ2) is 6.92. The average molecular weight is 381 g/mol. The molecule has 0 radical (unpaired) electrons. The third-order valence-corrected chi connectivity index (χ3v) is 5.21. The molecule has 0 amide bonds. The molecule has 0 unspecified atom stereocenters. The van der Waals surface area contributed by atoms with Gasteiger partial charge in [0.15, 0.2) is 10.8 Å². The molecular weight excluding hydrogens is 366 g/mol. The lowest BCUT2D eigenvalue weighted by Crippen LogP contribution is -2.16. The number of benzene rings is 2. The van der Waals surface area contributed by atoms with Crippen LogP contribution in [-0.2, 0) is 0 Å². The number of nitro benzene ring substituents is 1. The fraction of sp³-hybridized carbons (Fsp3) is 0.150. The molecule has 27 heavy (non-hydrogen) atoms. The van der Waals surface area contributed by atoms with E-state index in [2.05, 4.69) is 0 Å². The largest absolute Gasteiger partial charge is 0.482 e. The summed E-state index contributed by atoms with van der Waals surface area (Å²) in [5, 5.41) is 12.2. The Kier molecular flexibility index (Phi) is 4.45. The molecule has 6 nitrogen and oxygen atoms in total. The van der Waals surface area contributed by atoms with Crippen LogP contribution in [-0.4, -0.2) is 17.3 Å². The van der Waals surface area contributed by atoms with Crippen LogP contribution >= 0.6 is 11.8 Å².